The van der Waals surface area contributed by atoms with Crippen molar-refractivity contribution in [2.24, 2.45) is 0 Å². The highest BCUT2D eigenvalue weighted by Gasteiger charge is 2.30. The van der Waals surface area contributed by atoms with Crippen LogP contribution in [0.25, 0.3) is 38.6 Å². The smallest absolute Gasteiger partial charge is 0.103 e. The zero-order valence-corrected chi connectivity index (χ0v) is 21.4. The number of anilines is 3. The van der Waals surface area contributed by atoms with Gasteiger partial charge in [0.1, 0.15) is 6.17 Å². The van der Waals surface area contributed by atoms with Gasteiger partial charge >= 0.3 is 0 Å². The molecule has 0 amide bonds. The van der Waals surface area contributed by atoms with E-state index in [4.69, 9.17) is 0 Å². The van der Waals surface area contributed by atoms with Crippen molar-refractivity contribution in [3.63, 3.8) is 0 Å². The molecule has 1 unspecified atom stereocenters. The van der Waals surface area contributed by atoms with E-state index in [0.717, 1.165) is 0 Å². The van der Waals surface area contributed by atoms with Crippen LogP contribution in [0.3, 0.4) is 0 Å². The zero-order valence-electron chi connectivity index (χ0n) is 21.4. The molecule has 0 saturated carbocycles. The lowest BCUT2D eigenvalue weighted by Crippen LogP contribution is -2.41. The minimum atomic E-state index is 0.128. The maximum atomic E-state index is 2.51. The predicted octanol–water partition coefficient (Wildman–Crippen LogP) is 8.69. The highest BCUT2D eigenvalue weighted by atomic mass is 15.4. The topological polar surface area (TPSA) is 11.4 Å². The Morgan fingerprint density at radius 3 is 1.97 bits per heavy atom. The maximum absolute atomic E-state index is 2.51. The van der Waals surface area contributed by atoms with Crippen molar-refractivity contribution in [2.75, 3.05) is 16.8 Å². The third-order valence-corrected chi connectivity index (χ3v) is 7.94. The second kappa shape index (κ2) is 8.28. The Morgan fingerprint density at radius 1 is 0.568 bits per heavy atom. The van der Waals surface area contributed by atoms with Crippen LogP contribution in [-0.2, 0) is 0 Å². The van der Waals surface area contributed by atoms with Crippen LogP contribution in [0, 0.1) is 6.92 Å². The molecule has 1 aliphatic rings. The zero-order chi connectivity index (χ0) is 25.1. The first-order chi connectivity index (χ1) is 18.1. The van der Waals surface area contributed by atoms with Gasteiger partial charge in [0, 0.05) is 46.0 Å². The highest BCUT2D eigenvalue weighted by Crippen LogP contribution is 2.46. The summed E-state index contributed by atoms with van der Waals surface area (Å²) in [5, 5.41) is 2.55. The van der Waals surface area contributed by atoms with Gasteiger partial charge in [-0.2, -0.15) is 0 Å². The van der Waals surface area contributed by atoms with E-state index in [1.54, 1.807) is 0 Å². The number of aromatic nitrogens is 1. The Labute approximate surface area is 217 Å². The SMILES string of the molecule is Cc1cc2c(cc1N1c3ccccc3-c3ccccc3N(C)C1C)c1ccccc1n2-c1ccccc1. The fourth-order valence-corrected chi connectivity index (χ4v) is 6.05. The number of fused-ring (bicyclic) bond motifs is 6. The third-order valence-electron chi connectivity index (χ3n) is 7.94. The molecule has 3 heteroatoms. The molecule has 37 heavy (non-hydrogen) atoms. The number of para-hydroxylation sites is 4. The molecule has 0 radical (unpaired) electrons. The van der Waals surface area contributed by atoms with Crippen LogP contribution >= 0.6 is 0 Å². The Balaban J connectivity index is 1.52. The first-order valence-corrected chi connectivity index (χ1v) is 12.9. The summed E-state index contributed by atoms with van der Waals surface area (Å²) in [4.78, 5) is 4.91. The number of hydrogen-bond donors (Lipinski definition) is 0. The normalized spacial score (nSPS) is 15.1. The van der Waals surface area contributed by atoms with Gasteiger partial charge in [-0.1, -0.05) is 72.8 Å². The molecule has 0 bridgehead atoms. The number of rotatable bonds is 2. The van der Waals surface area contributed by atoms with Crippen molar-refractivity contribution in [3.05, 3.63) is 121 Å². The van der Waals surface area contributed by atoms with E-state index in [9.17, 15) is 0 Å². The standard InChI is InChI=1S/C34H29N3/c1-23-21-34-29(28-17-9-12-20-32(28)37(34)25-13-5-4-6-14-25)22-33(23)36-24(2)35(3)30-18-10-7-15-26(30)27-16-8-11-19-31(27)36/h4-22,24H,1-3H3. The molecule has 0 aliphatic carbocycles. The van der Waals surface area contributed by atoms with Crippen LogP contribution < -0.4 is 9.80 Å². The molecule has 1 aliphatic heterocycles. The van der Waals surface area contributed by atoms with Crippen molar-refractivity contribution in [1.29, 1.82) is 0 Å². The minimum Gasteiger partial charge on any atom is -0.354 e. The quantitative estimate of drug-likeness (QED) is 0.246. The van der Waals surface area contributed by atoms with E-state index >= 15 is 0 Å². The van der Waals surface area contributed by atoms with Gasteiger partial charge in [0.15, 0.2) is 0 Å². The van der Waals surface area contributed by atoms with Gasteiger partial charge < -0.3 is 14.4 Å². The average molecular weight is 480 g/mol. The maximum Gasteiger partial charge on any atom is 0.103 e. The summed E-state index contributed by atoms with van der Waals surface area (Å²) in [6, 6.07) is 41.8. The van der Waals surface area contributed by atoms with E-state index in [0.29, 0.717) is 0 Å². The molecule has 0 N–H and O–H groups in total. The van der Waals surface area contributed by atoms with Crippen LogP contribution in [0.2, 0.25) is 0 Å². The van der Waals surface area contributed by atoms with Gasteiger partial charge in [-0.25, -0.2) is 0 Å². The van der Waals surface area contributed by atoms with Crippen LogP contribution in [0.1, 0.15) is 12.5 Å². The van der Waals surface area contributed by atoms with Gasteiger partial charge in [0.2, 0.25) is 0 Å². The van der Waals surface area contributed by atoms with Crippen molar-refractivity contribution in [1.82, 2.24) is 4.57 Å². The van der Waals surface area contributed by atoms with Crippen molar-refractivity contribution in [3.8, 4) is 16.8 Å². The van der Waals surface area contributed by atoms with E-state index in [1.807, 2.05) is 0 Å². The molecule has 0 spiro atoms. The summed E-state index contributed by atoms with van der Waals surface area (Å²) in [6.45, 7) is 4.55. The molecule has 6 aromatic rings. The van der Waals surface area contributed by atoms with Crippen LogP contribution in [0.15, 0.2) is 115 Å². The van der Waals surface area contributed by atoms with Crippen molar-refractivity contribution >= 4 is 38.9 Å². The summed E-state index contributed by atoms with van der Waals surface area (Å²) >= 11 is 0. The van der Waals surface area contributed by atoms with Crippen LogP contribution in [0.5, 0.6) is 0 Å². The second-order valence-electron chi connectivity index (χ2n) is 9.99. The monoisotopic (exact) mass is 479 g/mol. The summed E-state index contributed by atoms with van der Waals surface area (Å²) in [5.74, 6) is 0. The molecule has 1 aromatic heterocycles. The Bertz CT molecular complexity index is 1780. The van der Waals surface area contributed by atoms with Gasteiger partial charge in [-0.15, -0.1) is 0 Å². The van der Waals surface area contributed by atoms with Gasteiger partial charge in [0.25, 0.3) is 0 Å². The van der Waals surface area contributed by atoms with Crippen molar-refractivity contribution < 1.29 is 0 Å². The Morgan fingerprint density at radius 2 is 1.19 bits per heavy atom. The number of hydrogen-bond acceptors (Lipinski definition) is 2. The molecule has 7 rings (SSSR count). The summed E-state index contributed by atoms with van der Waals surface area (Å²) in [7, 11) is 2.21. The molecule has 1 atom stereocenters. The molecule has 5 aromatic carbocycles. The molecule has 0 saturated heterocycles. The van der Waals surface area contributed by atoms with E-state index in [1.165, 1.54) is 61.2 Å². The van der Waals surface area contributed by atoms with E-state index in [-0.39, 0.29) is 6.17 Å². The molecule has 2 heterocycles. The highest BCUT2D eigenvalue weighted by molar-refractivity contribution is 6.11. The first-order valence-electron chi connectivity index (χ1n) is 12.9. The molecular weight excluding hydrogens is 450 g/mol. The van der Waals surface area contributed by atoms with E-state index in [2.05, 4.69) is 151 Å². The largest absolute Gasteiger partial charge is 0.354 e. The number of aryl methyl sites for hydroxylation is 1. The van der Waals surface area contributed by atoms with Crippen LogP contribution in [-0.4, -0.2) is 17.8 Å². The predicted molar refractivity (Wildman–Crippen MR) is 157 cm³/mol. The van der Waals surface area contributed by atoms with Crippen LogP contribution in [0.4, 0.5) is 17.1 Å². The molecule has 3 nitrogen and oxygen atoms in total. The number of benzene rings is 5. The minimum absolute atomic E-state index is 0.128. The lowest BCUT2D eigenvalue weighted by molar-refractivity contribution is 0.698. The van der Waals surface area contributed by atoms with Crippen molar-refractivity contribution in [2.45, 2.75) is 20.0 Å². The Hall–Kier alpha value is -4.50. The lowest BCUT2D eigenvalue weighted by Gasteiger charge is -2.37. The van der Waals surface area contributed by atoms with Gasteiger partial charge in [-0.3, -0.25) is 0 Å². The van der Waals surface area contributed by atoms with Gasteiger partial charge in [-0.05, 0) is 61.9 Å². The number of nitrogens with zero attached hydrogens (tertiary/aromatic N) is 3. The summed E-state index contributed by atoms with van der Waals surface area (Å²) in [5.41, 5.74) is 11.2. The first kappa shape index (κ1) is 21.8. The average Bonchev–Trinajstić information content (AvgIpc) is 3.22. The Kier molecular flexibility index (Phi) is 4.87. The van der Waals surface area contributed by atoms with Gasteiger partial charge in [0.05, 0.1) is 16.7 Å². The summed E-state index contributed by atoms with van der Waals surface area (Å²) in [6.07, 6.45) is 0.128. The lowest BCUT2D eigenvalue weighted by atomic mass is 10.0. The summed E-state index contributed by atoms with van der Waals surface area (Å²) < 4.78 is 2.39. The molecule has 0 fully saturated rings. The fourth-order valence-electron chi connectivity index (χ4n) is 6.05. The second-order valence-corrected chi connectivity index (χ2v) is 9.99. The molecule has 180 valence electrons. The molecular formula is C34H29N3. The fraction of sp³-hybridized carbons (Fsp3) is 0.118. The third kappa shape index (κ3) is 3.20. The van der Waals surface area contributed by atoms with E-state index < -0.39 is 0 Å².